The van der Waals surface area contributed by atoms with Crippen molar-refractivity contribution in [1.29, 1.82) is 0 Å². The summed E-state index contributed by atoms with van der Waals surface area (Å²) in [6, 6.07) is 9.06. The van der Waals surface area contributed by atoms with Gasteiger partial charge in [-0.15, -0.1) is 0 Å². The molecule has 2 aromatic rings. The summed E-state index contributed by atoms with van der Waals surface area (Å²) < 4.78 is 5.15. The molecule has 94 valence electrons. The van der Waals surface area contributed by atoms with Crippen LogP contribution in [0, 0.1) is 6.92 Å². The van der Waals surface area contributed by atoms with E-state index in [1.54, 1.807) is 12.1 Å². The number of hydrogen-bond acceptors (Lipinski definition) is 2. The number of furan rings is 1. The fraction of sp³-hybridized carbons (Fsp3) is 0.214. The Morgan fingerprint density at radius 1 is 1.39 bits per heavy atom. The van der Waals surface area contributed by atoms with Gasteiger partial charge in [0.2, 0.25) is 0 Å². The van der Waals surface area contributed by atoms with Crippen molar-refractivity contribution >= 4 is 17.5 Å². The van der Waals surface area contributed by atoms with E-state index in [1.807, 2.05) is 32.0 Å². The van der Waals surface area contributed by atoms with Crippen LogP contribution in [0.15, 0.2) is 41.0 Å². The quantitative estimate of drug-likeness (QED) is 0.917. The number of hydrogen-bond donors (Lipinski definition) is 1. The Kier molecular flexibility index (Phi) is 3.72. The maximum absolute atomic E-state index is 12.0. The van der Waals surface area contributed by atoms with Gasteiger partial charge < -0.3 is 9.73 Å². The molecule has 1 unspecified atom stereocenters. The van der Waals surface area contributed by atoms with Crippen LogP contribution in [0.1, 0.15) is 34.6 Å². The van der Waals surface area contributed by atoms with Crippen molar-refractivity contribution in [3.05, 3.63) is 58.5 Å². The largest absolute Gasteiger partial charge is 0.459 e. The minimum Gasteiger partial charge on any atom is -0.459 e. The zero-order valence-electron chi connectivity index (χ0n) is 10.2. The highest BCUT2D eigenvalue weighted by molar-refractivity contribution is 6.30. The highest BCUT2D eigenvalue weighted by Gasteiger charge is 2.16. The lowest BCUT2D eigenvalue weighted by Crippen LogP contribution is -2.26. The fourth-order valence-corrected chi connectivity index (χ4v) is 1.93. The van der Waals surface area contributed by atoms with Gasteiger partial charge in [0, 0.05) is 10.6 Å². The summed E-state index contributed by atoms with van der Waals surface area (Å²) in [7, 11) is 0. The number of aryl methyl sites for hydroxylation is 1. The first-order valence-electron chi connectivity index (χ1n) is 5.68. The lowest BCUT2D eigenvalue weighted by molar-refractivity contribution is 0.0911. The molecule has 4 heteroatoms. The SMILES string of the molecule is Cc1ccoc1C(=O)NC(C)c1cccc(Cl)c1. The van der Waals surface area contributed by atoms with Gasteiger partial charge in [0.1, 0.15) is 0 Å². The van der Waals surface area contributed by atoms with E-state index in [9.17, 15) is 4.79 Å². The number of rotatable bonds is 3. The molecular formula is C14H14ClNO2. The molecule has 1 amide bonds. The lowest BCUT2D eigenvalue weighted by Gasteiger charge is -2.13. The summed E-state index contributed by atoms with van der Waals surface area (Å²) in [5, 5.41) is 3.53. The molecule has 0 aliphatic carbocycles. The Bertz CT molecular complexity index is 562. The van der Waals surface area contributed by atoms with Gasteiger partial charge in [0.25, 0.3) is 5.91 Å². The first kappa shape index (κ1) is 12.7. The number of benzene rings is 1. The highest BCUT2D eigenvalue weighted by Crippen LogP contribution is 2.18. The van der Waals surface area contributed by atoms with Crippen LogP contribution in [-0.2, 0) is 0 Å². The third kappa shape index (κ3) is 2.74. The van der Waals surface area contributed by atoms with E-state index < -0.39 is 0 Å². The molecule has 0 fully saturated rings. The van der Waals surface area contributed by atoms with E-state index >= 15 is 0 Å². The topological polar surface area (TPSA) is 42.2 Å². The second-order valence-corrected chi connectivity index (χ2v) is 4.62. The van der Waals surface area contributed by atoms with Crippen LogP contribution in [0.3, 0.4) is 0 Å². The van der Waals surface area contributed by atoms with Crippen molar-refractivity contribution in [2.75, 3.05) is 0 Å². The second kappa shape index (κ2) is 5.27. The summed E-state index contributed by atoms with van der Waals surface area (Å²) in [5.41, 5.74) is 1.78. The third-order valence-corrected chi connectivity index (χ3v) is 3.00. The molecule has 0 aliphatic heterocycles. The van der Waals surface area contributed by atoms with Crippen molar-refractivity contribution in [2.45, 2.75) is 19.9 Å². The predicted molar refractivity (Wildman–Crippen MR) is 70.8 cm³/mol. The van der Waals surface area contributed by atoms with E-state index in [0.717, 1.165) is 11.1 Å². The Balaban J connectivity index is 2.10. The average Bonchev–Trinajstić information content (AvgIpc) is 2.75. The molecule has 0 saturated heterocycles. The molecule has 0 spiro atoms. The van der Waals surface area contributed by atoms with Gasteiger partial charge in [-0.05, 0) is 37.6 Å². The van der Waals surface area contributed by atoms with Crippen LogP contribution in [0.4, 0.5) is 0 Å². The van der Waals surface area contributed by atoms with Crippen molar-refractivity contribution in [3.63, 3.8) is 0 Å². The fourth-order valence-electron chi connectivity index (χ4n) is 1.73. The molecule has 18 heavy (non-hydrogen) atoms. The monoisotopic (exact) mass is 263 g/mol. The Labute approximate surface area is 111 Å². The van der Waals surface area contributed by atoms with Gasteiger partial charge in [-0.25, -0.2) is 0 Å². The zero-order valence-corrected chi connectivity index (χ0v) is 11.0. The minimum absolute atomic E-state index is 0.124. The summed E-state index contributed by atoms with van der Waals surface area (Å²) in [6.07, 6.45) is 1.51. The van der Waals surface area contributed by atoms with Gasteiger partial charge in [0.15, 0.2) is 5.76 Å². The summed E-state index contributed by atoms with van der Waals surface area (Å²) in [5.74, 6) is 0.133. The molecule has 0 bridgehead atoms. The zero-order chi connectivity index (χ0) is 13.1. The van der Waals surface area contributed by atoms with Crippen molar-refractivity contribution in [1.82, 2.24) is 5.32 Å². The number of carbonyl (C=O) groups excluding carboxylic acids is 1. The molecule has 1 aromatic carbocycles. The first-order valence-corrected chi connectivity index (χ1v) is 6.06. The smallest absolute Gasteiger partial charge is 0.287 e. The van der Waals surface area contributed by atoms with Gasteiger partial charge in [-0.3, -0.25) is 4.79 Å². The first-order chi connectivity index (χ1) is 8.58. The molecule has 1 atom stereocenters. The van der Waals surface area contributed by atoms with E-state index in [0.29, 0.717) is 10.8 Å². The van der Waals surface area contributed by atoms with Crippen molar-refractivity contribution in [2.24, 2.45) is 0 Å². The highest BCUT2D eigenvalue weighted by atomic mass is 35.5. The third-order valence-electron chi connectivity index (χ3n) is 2.76. The minimum atomic E-state index is -0.218. The van der Waals surface area contributed by atoms with Crippen LogP contribution >= 0.6 is 11.6 Å². The van der Waals surface area contributed by atoms with E-state index in [4.69, 9.17) is 16.0 Å². The van der Waals surface area contributed by atoms with Crippen molar-refractivity contribution < 1.29 is 9.21 Å². The lowest BCUT2D eigenvalue weighted by atomic mass is 10.1. The van der Waals surface area contributed by atoms with Crippen molar-refractivity contribution in [3.8, 4) is 0 Å². The number of nitrogens with one attached hydrogen (secondary N) is 1. The Morgan fingerprint density at radius 2 is 2.17 bits per heavy atom. The maximum atomic E-state index is 12.0. The van der Waals surface area contributed by atoms with Crippen LogP contribution in [0.2, 0.25) is 5.02 Å². The molecule has 1 heterocycles. The molecule has 1 N–H and O–H groups in total. The van der Waals surface area contributed by atoms with Crippen LogP contribution in [0.25, 0.3) is 0 Å². The Hall–Kier alpha value is -1.74. The average molecular weight is 264 g/mol. The van der Waals surface area contributed by atoms with Gasteiger partial charge in [-0.1, -0.05) is 23.7 Å². The molecule has 1 aromatic heterocycles. The molecule has 2 rings (SSSR count). The molecule has 0 radical (unpaired) electrons. The molecule has 0 saturated carbocycles. The van der Waals surface area contributed by atoms with Gasteiger partial charge >= 0.3 is 0 Å². The standard InChI is InChI=1S/C14H14ClNO2/c1-9-6-7-18-13(9)14(17)16-10(2)11-4-3-5-12(15)8-11/h3-8,10H,1-2H3,(H,16,17). The van der Waals surface area contributed by atoms with Crippen LogP contribution in [-0.4, -0.2) is 5.91 Å². The maximum Gasteiger partial charge on any atom is 0.287 e. The Morgan fingerprint density at radius 3 is 2.78 bits per heavy atom. The predicted octanol–water partition coefficient (Wildman–Crippen LogP) is 3.73. The second-order valence-electron chi connectivity index (χ2n) is 4.18. The number of halogens is 1. The molecule has 0 aliphatic rings. The van der Waals surface area contributed by atoms with E-state index in [1.165, 1.54) is 6.26 Å². The normalized spacial score (nSPS) is 12.2. The van der Waals surface area contributed by atoms with Crippen LogP contribution in [0.5, 0.6) is 0 Å². The molecule has 3 nitrogen and oxygen atoms in total. The molecular weight excluding hydrogens is 250 g/mol. The van der Waals surface area contributed by atoms with E-state index in [2.05, 4.69) is 5.32 Å². The number of amides is 1. The summed E-state index contributed by atoms with van der Waals surface area (Å²) in [4.78, 5) is 12.0. The summed E-state index contributed by atoms with van der Waals surface area (Å²) in [6.45, 7) is 3.74. The van der Waals surface area contributed by atoms with Gasteiger partial charge in [0.05, 0.1) is 12.3 Å². The van der Waals surface area contributed by atoms with E-state index in [-0.39, 0.29) is 11.9 Å². The van der Waals surface area contributed by atoms with Gasteiger partial charge in [-0.2, -0.15) is 0 Å². The van der Waals surface area contributed by atoms with Crippen LogP contribution < -0.4 is 5.32 Å². The summed E-state index contributed by atoms with van der Waals surface area (Å²) >= 11 is 5.92. The number of carbonyl (C=O) groups is 1.